The van der Waals surface area contributed by atoms with Crippen LogP contribution in [0.5, 0.6) is 0 Å². The standard InChI is InChI=1S/C24H25N5O/c1-28-22-20(15-25-28)23(30)27-21(26-22)16-29-14-8-13-24(17-29,18-9-4-2-5-10-18)19-11-6-3-7-12-19/h2-7,9-12,15H,8,13-14,16-17H2,1H3,(H,26,27,30). The van der Waals surface area contributed by atoms with Gasteiger partial charge in [-0.1, -0.05) is 60.7 Å². The molecule has 6 nitrogen and oxygen atoms in total. The van der Waals surface area contributed by atoms with Gasteiger partial charge in [0.25, 0.3) is 5.56 Å². The number of aromatic nitrogens is 4. The summed E-state index contributed by atoms with van der Waals surface area (Å²) in [6.45, 7) is 2.47. The Bertz CT molecular complexity index is 1170. The van der Waals surface area contributed by atoms with E-state index in [-0.39, 0.29) is 11.0 Å². The molecule has 4 aromatic rings. The number of H-pyrrole nitrogens is 1. The molecule has 1 N–H and O–H groups in total. The number of aryl methyl sites for hydroxylation is 1. The fourth-order valence-electron chi connectivity index (χ4n) is 4.80. The zero-order valence-electron chi connectivity index (χ0n) is 17.1. The number of benzene rings is 2. The highest BCUT2D eigenvalue weighted by atomic mass is 16.1. The van der Waals surface area contributed by atoms with Gasteiger partial charge in [-0.15, -0.1) is 0 Å². The Morgan fingerprint density at radius 1 is 1.03 bits per heavy atom. The molecule has 1 aliphatic rings. The fourth-order valence-corrected chi connectivity index (χ4v) is 4.80. The van der Waals surface area contributed by atoms with Crippen LogP contribution < -0.4 is 5.56 Å². The maximum Gasteiger partial charge on any atom is 0.262 e. The van der Waals surface area contributed by atoms with Gasteiger partial charge in [0.15, 0.2) is 5.65 Å². The van der Waals surface area contributed by atoms with E-state index in [0.29, 0.717) is 23.4 Å². The number of aromatic amines is 1. The Kier molecular flexibility index (Phi) is 4.71. The van der Waals surface area contributed by atoms with Crippen molar-refractivity contribution in [3.8, 4) is 0 Å². The fraction of sp³-hybridized carbons (Fsp3) is 0.292. The Balaban J connectivity index is 1.51. The summed E-state index contributed by atoms with van der Waals surface area (Å²) in [6, 6.07) is 21.6. The van der Waals surface area contributed by atoms with Gasteiger partial charge in [0.1, 0.15) is 11.2 Å². The van der Waals surface area contributed by atoms with E-state index in [9.17, 15) is 4.79 Å². The quantitative estimate of drug-likeness (QED) is 0.572. The summed E-state index contributed by atoms with van der Waals surface area (Å²) in [7, 11) is 1.81. The van der Waals surface area contributed by atoms with Gasteiger partial charge in [-0.2, -0.15) is 5.10 Å². The Morgan fingerprint density at radius 3 is 2.37 bits per heavy atom. The van der Waals surface area contributed by atoms with E-state index in [0.717, 1.165) is 25.9 Å². The summed E-state index contributed by atoms with van der Waals surface area (Å²) < 4.78 is 1.66. The number of piperidine rings is 1. The lowest BCUT2D eigenvalue weighted by Gasteiger charge is -2.43. The van der Waals surface area contributed by atoms with Gasteiger partial charge in [0.05, 0.1) is 12.7 Å². The van der Waals surface area contributed by atoms with Crippen molar-refractivity contribution < 1.29 is 0 Å². The van der Waals surface area contributed by atoms with E-state index >= 15 is 0 Å². The predicted octanol–water partition coefficient (Wildman–Crippen LogP) is 3.24. The minimum absolute atomic E-state index is 0.0717. The first kappa shape index (κ1) is 18.8. The number of hydrogen-bond donors (Lipinski definition) is 1. The summed E-state index contributed by atoms with van der Waals surface area (Å²) in [6.07, 6.45) is 3.76. The topological polar surface area (TPSA) is 66.8 Å². The van der Waals surface area contributed by atoms with E-state index in [4.69, 9.17) is 0 Å². The van der Waals surface area contributed by atoms with Gasteiger partial charge >= 0.3 is 0 Å². The molecule has 0 radical (unpaired) electrons. The third-order valence-electron chi connectivity index (χ3n) is 6.25. The van der Waals surface area contributed by atoms with Crippen LogP contribution in [0.3, 0.4) is 0 Å². The van der Waals surface area contributed by atoms with Crippen LogP contribution in [0, 0.1) is 0 Å². The lowest BCUT2D eigenvalue weighted by molar-refractivity contribution is 0.158. The zero-order valence-corrected chi connectivity index (χ0v) is 17.1. The second-order valence-corrected chi connectivity index (χ2v) is 8.15. The average Bonchev–Trinajstić information content (AvgIpc) is 3.16. The van der Waals surface area contributed by atoms with Crippen LogP contribution >= 0.6 is 0 Å². The number of hydrogen-bond acceptors (Lipinski definition) is 4. The van der Waals surface area contributed by atoms with Crippen LogP contribution in [-0.2, 0) is 19.0 Å². The highest BCUT2D eigenvalue weighted by Gasteiger charge is 2.38. The van der Waals surface area contributed by atoms with E-state index < -0.39 is 0 Å². The first-order valence-corrected chi connectivity index (χ1v) is 10.4. The average molecular weight is 399 g/mol. The molecule has 152 valence electrons. The number of nitrogens with zero attached hydrogens (tertiary/aromatic N) is 4. The molecule has 0 atom stereocenters. The van der Waals surface area contributed by atoms with Crippen LogP contribution in [0.15, 0.2) is 71.7 Å². The molecule has 1 fully saturated rings. The van der Waals surface area contributed by atoms with Crippen molar-refractivity contribution in [3.63, 3.8) is 0 Å². The van der Waals surface area contributed by atoms with E-state index in [1.165, 1.54) is 11.1 Å². The number of nitrogens with one attached hydrogen (secondary N) is 1. The lowest BCUT2D eigenvalue weighted by atomic mass is 9.69. The zero-order chi connectivity index (χ0) is 20.6. The molecule has 1 saturated heterocycles. The molecule has 6 heteroatoms. The number of likely N-dealkylation sites (tertiary alicyclic amines) is 1. The van der Waals surface area contributed by atoms with Crippen LogP contribution in [0.2, 0.25) is 0 Å². The molecule has 0 saturated carbocycles. The molecule has 0 amide bonds. The second-order valence-electron chi connectivity index (χ2n) is 8.15. The van der Waals surface area contributed by atoms with E-state index in [1.807, 2.05) is 7.05 Å². The molecule has 3 heterocycles. The first-order chi connectivity index (χ1) is 14.7. The number of fused-ring (bicyclic) bond motifs is 1. The summed E-state index contributed by atoms with van der Waals surface area (Å²) in [5.41, 5.74) is 3.10. The van der Waals surface area contributed by atoms with E-state index in [2.05, 4.69) is 80.6 Å². The van der Waals surface area contributed by atoms with Crippen molar-refractivity contribution in [3.05, 3.63) is 94.2 Å². The molecular formula is C24H25N5O. The molecule has 0 spiro atoms. The van der Waals surface area contributed by atoms with Crippen molar-refractivity contribution in [1.82, 2.24) is 24.6 Å². The molecule has 0 aliphatic carbocycles. The molecule has 1 aliphatic heterocycles. The molecule has 5 rings (SSSR count). The molecule has 2 aromatic carbocycles. The maximum absolute atomic E-state index is 12.5. The van der Waals surface area contributed by atoms with Gasteiger partial charge in [-0.05, 0) is 30.5 Å². The summed E-state index contributed by atoms with van der Waals surface area (Å²) in [5, 5.41) is 4.70. The molecule has 0 bridgehead atoms. The van der Waals surface area contributed by atoms with Crippen LogP contribution in [0.4, 0.5) is 0 Å². The van der Waals surface area contributed by atoms with E-state index in [1.54, 1.807) is 10.9 Å². The Morgan fingerprint density at radius 2 is 1.70 bits per heavy atom. The summed E-state index contributed by atoms with van der Waals surface area (Å²) >= 11 is 0. The normalized spacial score (nSPS) is 16.7. The van der Waals surface area contributed by atoms with Gasteiger partial charge in [-0.25, -0.2) is 4.98 Å². The summed E-state index contributed by atoms with van der Waals surface area (Å²) in [4.78, 5) is 22.5. The largest absolute Gasteiger partial charge is 0.309 e. The highest BCUT2D eigenvalue weighted by molar-refractivity contribution is 5.72. The molecule has 0 unspecified atom stereocenters. The third-order valence-corrected chi connectivity index (χ3v) is 6.25. The number of rotatable bonds is 4. The first-order valence-electron chi connectivity index (χ1n) is 10.4. The minimum Gasteiger partial charge on any atom is -0.309 e. The summed E-state index contributed by atoms with van der Waals surface area (Å²) in [5.74, 6) is 0.688. The molecular weight excluding hydrogens is 374 g/mol. The van der Waals surface area contributed by atoms with Crippen molar-refractivity contribution in [2.45, 2.75) is 24.8 Å². The van der Waals surface area contributed by atoms with Crippen molar-refractivity contribution in [2.24, 2.45) is 7.05 Å². The maximum atomic E-state index is 12.5. The Labute approximate surface area is 175 Å². The second kappa shape index (κ2) is 7.54. The van der Waals surface area contributed by atoms with Gasteiger partial charge in [0.2, 0.25) is 0 Å². The van der Waals surface area contributed by atoms with Crippen LogP contribution in [0.1, 0.15) is 29.8 Å². The Hall–Kier alpha value is -3.25. The molecule has 2 aromatic heterocycles. The monoisotopic (exact) mass is 399 g/mol. The van der Waals surface area contributed by atoms with Gasteiger partial charge in [-0.3, -0.25) is 14.4 Å². The highest BCUT2D eigenvalue weighted by Crippen LogP contribution is 2.40. The third kappa shape index (κ3) is 3.23. The lowest BCUT2D eigenvalue weighted by Crippen LogP contribution is -2.46. The van der Waals surface area contributed by atoms with Gasteiger partial charge in [0, 0.05) is 19.0 Å². The van der Waals surface area contributed by atoms with Gasteiger partial charge < -0.3 is 4.98 Å². The predicted molar refractivity (Wildman–Crippen MR) is 117 cm³/mol. The molecule has 30 heavy (non-hydrogen) atoms. The van der Waals surface area contributed by atoms with Crippen molar-refractivity contribution in [1.29, 1.82) is 0 Å². The minimum atomic E-state index is -0.127. The smallest absolute Gasteiger partial charge is 0.262 e. The van der Waals surface area contributed by atoms with Crippen LogP contribution in [-0.4, -0.2) is 37.7 Å². The van der Waals surface area contributed by atoms with Crippen molar-refractivity contribution in [2.75, 3.05) is 13.1 Å². The SMILES string of the molecule is Cn1ncc2c(=O)[nH]c(CN3CCCC(c4ccccc4)(c4ccccc4)C3)nc21. The van der Waals surface area contributed by atoms with Crippen molar-refractivity contribution >= 4 is 11.0 Å². The van der Waals surface area contributed by atoms with Crippen LogP contribution in [0.25, 0.3) is 11.0 Å².